The fourth-order valence-corrected chi connectivity index (χ4v) is 3.43. The van der Waals surface area contributed by atoms with Crippen LogP contribution in [0.1, 0.15) is 19.8 Å². The second kappa shape index (κ2) is 6.62. The van der Waals surface area contributed by atoms with Gasteiger partial charge in [-0.1, -0.05) is 48.0 Å². The van der Waals surface area contributed by atoms with Gasteiger partial charge >= 0.3 is 0 Å². The van der Waals surface area contributed by atoms with E-state index in [1.54, 1.807) is 0 Å². The van der Waals surface area contributed by atoms with Crippen molar-refractivity contribution in [1.82, 2.24) is 10.2 Å². The molecule has 1 fully saturated rings. The Labute approximate surface area is 152 Å². The molecule has 1 N–H and O–H groups in total. The summed E-state index contributed by atoms with van der Waals surface area (Å²) in [6, 6.07) is 15.9. The Hall–Kier alpha value is -2.17. The minimum atomic E-state index is -0.127. The van der Waals surface area contributed by atoms with Crippen LogP contribution in [-0.4, -0.2) is 29.0 Å². The summed E-state index contributed by atoms with van der Waals surface area (Å²) in [5.74, 6) is 0.796. The largest absolute Gasteiger partial charge is 0.373 e. The van der Waals surface area contributed by atoms with E-state index in [0.29, 0.717) is 5.02 Å². The van der Waals surface area contributed by atoms with Gasteiger partial charge in [0.25, 0.3) is 0 Å². The molecule has 0 aliphatic carbocycles. The van der Waals surface area contributed by atoms with E-state index in [1.807, 2.05) is 36.4 Å². The lowest BCUT2D eigenvalue weighted by Gasteiger charge is -2.24. The van der Waals surface area contributed by atoms with Crippen molar-refractivity contribution < 1.29 is 4.74 Å². The van der Waals surface area contributed by atoms with Crippen molar-refractivity contribution >= 4 is 28.2 Å². The topological polar surface area (TPSA) is 47.0 Å². The predicted molar refractivity (Wildman–Crippen MR) is 102 cm³/mol. The fraction of sp³-hybridized carbons (Fsp3) is 0.300. The third-order valence-electron chi connectivity index (χ3n) is 4.74. The average molecular weight is 354 g/mol. The molecule has 0 amide bonds. The van der Waals surface area contributed by atoms with Gasteiger partial charge in [0.15, 0.2) is 5.82 Å². The Kier molecular flexibility index (Phi) is 4.32. The molecule has 0 bridgehead atoms. The van der Waals surface area contributed by atoms with Crippen molar-refractivity contribution in [2.45, 2.75) is 25.4 Å². The van der Waals surface area contributed by atoms with Crippen LogP contribution in [0.3, 0.4) is 0 Å². The van der Waals surface area contributed by atoms with E-state index in [0.717, 1.165) is 53.8 Å². The number of benzene rings is 2. The molecule has 0 radical (unpaired) electrons. The van der Waals surface area contributed by atoms with Gasteiger partial charge < -0.3 is 10.1 Å². The Morgan fingerprint density at radius 2 is 1.84 bits per heavy atom. The van der Waals surface area contributed by atoms with E-state index in [4.69, 9.17) is 16.3 Å². The number of halogens is 1. The number of hydrogen-bond acceptors (Lipinski definition) is 4. The highest BCUT2D eigenvalue weighted by molar-refractivity contribution is 6.30. The molecule has 0 spiro atoms. The van der Waals surface area contributed by atoms with Gasteiger partial charge in [-0.15, -0.1) is 10.2 Å². The molecule has 1 unspecified atom stereocenters. The first-order valence-corrected chi connectivity index (χ1v) is 8.92. The van der Waals surface area contributed by atoms with Crippen LogP contribution in [0.25, 0.3) is 22.0 Å². The quantitative estimate of drug-likeness (QED) is 0.722. The molecule has 25 heavy (non-hydrogen) atoms. The highest BCUT2D eigenvalue weighted by Gasteiger charge is 2.29. The summed E-state index contributed by atoms with van der Waals surface area (Å²) in [4.78, 5) is 0. The molecular weight excluding hydrogens is 334 g/mol. The molecule has 0 saturated carbocycles. The zero-order valence-electron chi connectivity index (χ0n) is 14.1. The van der Waals surface area contributed by atoms with E-state index in [1.165, 1.54) is 0 Å². The molecule has 5 heteroatoms. The van der Waals surface area contributed by atoms with E-state index >= 15 is 0 Å². The number of anilines is 1. The molecule has 1 atom stereocenters. The summed E-state index contributed by atoms with van der Waals surface area (Å²) in [6.07, 6.45) is 2.17. The van der Waals surface area contributed by atoms with Gasteiger partial charge in [0, 0.05) is 34.5 Å². The molecule has 1 aromatic heterocycles. The summed E-state index contributed by atoms with van der Waals surface area (Å²) in [6.45, 7) is 3.71. The predicted octanol–water partition coefficient (Wildman–Crippen LogP) is 4.93. The van der Waals surface area contributed by atoms with Gasteiger partial charge in [0.05, 0.1) is 5.60 Å². The maximum Gasteiger partial charge on any atom is 0.156 e. The second-order valence-electron chi connectivity index (χ2n) is 6.71. The van der Waals surface area contributed by atoms with Crippen LogP contribution in [0.15, 0.2) is 48.5 Å². The summed E-state index contributed by atoms with van der Waals surface area (Å²) in [5, 5.41) is 15.2. The van der Waals surface area contributed by atoms with Crippen LogP contribution < -0.4 is 5.32 Å². The number of fused-ring (bicyclic) bond motifs is 1. The van der Waals surface area contributed by atoms with Gasteiger partial charge in [-0.25, -0.2) is 0 Å². The minimum Gasteiger partial charge on any atom is -0.373 e. The first-order chi connectivity index (χ1) is 12.1. The van der Waals surface area contributed by atoms with Crippen molar-refractivity contribution in [2.75, 3.05) is 18.5 Å². The fourth-order valence-electron chi connectivity index (χ4n) is 3.30. The molecular formula is C20H20ClN3O. The Balaban J connectivity index is 1.70. The summed E-state index contributed by atoms with van der Waals surface area (Å²) >= 11 is 6.00. The third kappa shape index (κ3) is 3.32. The van der Waals surface area contributed by atoms with Crippen molar-refractivity contribution in [3.8, 4) is 11.3 Å². The zero-order valence-corrected chi connectivity index (χ0v) is 14.9. The lowest BCUT2D eigenvalue weighted by atomic mass is 10.0. The highest BCUT2D eigenvalue weighted by Crippen LogP contribution is 2.31. The molecule has 1 aliphatic heterocycles. The highest BCUT2D eigenvalue weighted by atomic mass is 35.5. The normalized spacial score (nSPS) is 20.1. The van der Waals surface area contributed by atoms with Crippen molar-refractivity contribution in [1.29, 1.82) is 0 Å². The summed E-state index contributed by atoms with van der Waals surface area (Å²) in [7, 11) is 0. The molecule has 2 aromatic carbocycles. The first kappa shape index (κ1) is 16.3. The molecule has 4 nitrogen and oxygen atoms in total. The van der Waals surface area contributed by atoms with Gasteiger partial charge in [-0.3, -0.25) is 0 Å². The molecule has 2 heterocycles. The van der Waals surface area contributed by atoms with Gasteiger partial charge in [0.1, 0.15) is 5.69 Å². The number of hydrogen-bond donors (Lipinski definition) is 1. The lowest BCUT2D eigenvalue weighted by Crippen LogP contribution is -2.32. The monoisotopic (exact) mass is 353 g/mol. The van der Waals surface area contributed by atoms with E-state index < -0.39 is 0 Å². The maximum atomic E-state index is 6.00. The van der Waals surface area contributed by atoms with Crippen molar-refractivity contribution in [2.24, 2.45) is 0 Å². The SMILES string of the molecule is CC1(CNc2nnc(-c3ccc(Cl)cc3)c3ccccc23)CCCO1. The standard InChI is InChI=1S/C20H20ClN3O/c1-20(11-4-12-25-20)13-22-19-17-6-3-2-5-16(17)18(23-24-19)14-7-9-15(21)10-8-14/h2-3,5-10H,4,11-13H2,1H3,(H,22,24). The third-order valence-corrected chi connectivity index (χ3v) is 4.99. The number of nitrogens with zero attached hydrogens (tertiary/aromatic N) is 2. The lowest BCUT2D eigenvalue weighted by molar-refractivity contribution is 0.0315. The molecule has 3 aromatic rings. The van der Waals surface area contributed by atoms with Crippen molar-refractivity contribution in [3.05, 3.63) is 53.6 Å². The van der Waals surface area contributed by atoms with Crippen LogP contribution in [0.4, 0.5) is 5.82 Å². The van der Waals surface area contributed by atoms with E-state index in [2.05, 4.69) is 34.6 Å². The maximum absolute atomic E-state index is 6.00. The Morgan fingerprint density at radius 3 is 2.56 bits per heavy atom. The van der Waals surface area contributed by atoms with Crippen LogP contribution in [0.2, 0.25) is 5.02 Å². The molecule has 4 rings (SSSR count). The number of aromatic nitrogens is 2. The van der Waals surface area contributed by atoms with Crippen LogP contribution in [0.5, 0.6) is 0 Å². The van der Waals surface area contributed by atoms with Crippen LogP contribution in [-0.2, 0) is 4.74 Å². The molecule has 1 aliphatic rings. The van der Waals surface area contributed by atoms with Crippen molar-refractivity contribution in [3.63, 3.8) is 0 Å². The van der Waals surface area contributed by atoms with E-state index in [-0.39, 0.29) is 5.60 Å². The van der Waals surface area contributed by atoms with Crippen LogP contribution >= 0.6 is 11.6 Å². The Morgan fingerprint density at radius 1 is 1.08 bits per heavy atom. The average Bonchev–Trinajstić information content (AvgIpc) is 3.07. The number of ether oxygens (including phenoxy) is 1. The Bertz CT molecular complexity index is 889. The van der Waals surface area contributed by atoms with Gasteiger partial charge in [0.2, 0.25) is 0 Å². The molecule has 128 valence electrons. The first-order valence-electron chi connectivity index (χ1n) is 8.54. The smallest absolute Gasteiger partial charge is 0.156 e. The minimum absolute atomic E-state index is 0.127. The number of rotatable bonds is 4. The van der Waals surface area contributed by atoms with Gasteiger partial charge in [-0.2, -0.15) is 0 Å². The second-order valence-corrected chi connectivity index (χ2v) is 7.14. The van der Waals surface area contributed by atoms with Crippen LogP contribution in [0, 0.1) is 0 Å². The zero-order chi connectivity index (χ0) is 17.3. The summed E-state index contributed by atoms with van der Waals surface area (Å²) in [5.41, 5.74) is 1.74. The summed E-state index contributed by atoms with van der Waals surface area (Å²) < 4.78 is 5.86. The number of nitrogens with one attached hydrogen (secondary N) is 1. The molecule has 1 saturated heterocycles. The van der Waals surface area contributed by atoms with Gasteiger partial charge in [-0.05, 0) is 31.9 Å². The van der Waals surface area contributed by atoms with E-state index in [9.17, 15) is 0 Å².